The Bertz CT molecular complexity index is 1040. The van der Waals surface area contributed by atoms with Crippen molar-refractivity contribution in [3.05, 3.63) is 60.2 Å². The molecule has 1 heterocycles. The lowest BCUT2D eigenvalue weighted by molar-refractivity contribution is -0.198. The fourth-order valence-corrected chi connectivity index (χ4v) is 3.98. The maximum absolute atomic E-state index is 13.9. The van der Waals surface area contributed by atoms with Crippen LogP contribution >= 0.6 is 0 Å². The molecule has 0 bridgehead atoms. The van der Waals surface area contributed by atoms with Crippen LogP contribution in [0.3, 0.4) is 0 Å². The zero-order valence-corrected chi connectivity index (χ0v) is 15.4. The summed E-state index contributed by atoms with van der Waals surface area (Å²) in [5.41, 5.74) is 2.19. The van der Waals surface area contributed by atoms with Gasteiger partial charge in [0.1, 0.15) is 0 Å². The van der Waals surface area contributed by atoms with Crippen LogP contribution in [-0.2, 0) is 21.4 Å². The molecule has 0 aliphatic carbocycles. The molecule has 1 saturated heterocycles. The van der Waals surface area contributed by atoms with Gasteiger partial charge in [-0.1, -0.05) is 30.3 Å². The molecule has 4 N–H and O–H groups in total. The second-order valence-electron chi connectivity index (χ2n) is 6.23. The molecule has 0 saturated carbocycles. The molecule has 2 aromatic carbocycles. The van der Waals surface area contributed by atoms with Crippen LogP contribution in [0.15, 0.2) is 59.5 Å². The van der Waals surface area contributed by atoms with E-state index in [-0.39, 0.29) is 5.69 Å². The minimum Gasteiger partial charge on any atom is -0.399 e. The van der Waals surface area contributed by atoms with E-state index >= 15 is 0 Å². The van der Waals surface area contributed by atoms with Crippen molar-refractivity contribution in [3.63, 3.8) is 0 Å². The van der Waals surface area contributed by atoms with E-state index in [1.165, 1.54) is 34.3 Å². The van der Waals surface area contributed by atoms with Gasteiger partial charge in [0.2, 0.25) is 10.0 Å². The molecule has 8 nitrogen and oxygen atoms in total. The molecule has 1 fully saturated rings. The van der Waals surface area contributed by atoms with E-state index in [0.29, 0.717) is 10.5 Å². The predicted octanol–water partition coefficient (Wildman–Crippen LogP) is 1.56. The number of halogens is 3. The molecule has 1 aliphatic rings. The van der Waals surface area contributed by atoms with E-state index in [9.17, 15) is 31.2 Å². The van der Waals surface area contributed by atoms with Gasteiger partial charge in [-0.15, -0.1) is 0 Å². The number of anilines is 1. The zero-order valence-electron chi connectivity index (χ0n) is 14.6. The Balaban J connectivity index is 1.98. The molecule has 0 aromatic heterocycles. The maximum atomic E-state index is 13.9. The van der Waals surface area contributed by atoms with Gasteiger partial charge in [-0.25, -0.2) is 13.2 Å². The van der Waals surface area contributed by atoms with Crippen molar-refractivity contribution in [3.8, 4) is 0 Å². The van der Waals surface area contributed by atoms with E-state index in [1.807, 2.05) is 0 Å². The number of benzene rings is 2. The highest BCUT2D eigenvalue weighted by molar-refractivity contribution is 7.89. The smallest absolute Gasteiger partial charge is 0.399 e. The Morgan fingerprint density at radius 1 is 1.03 bits per heavy atom. The zero-order chi connectivity index (χ0) is 21.4. The quantitative estimate of drug-likeness (QED) is 0.493. The fraction of sp³-hybridized carbons (Fsp3) is 0.176. The van der Waals surface area contributed by atoms with Crippen molar-refractivity contribution in [1.29, 1.82) is 0 Å². The molecule has 0 spiro atoms. The van der Waals surface area contributed by atoms with E-state index < -0.39 is 45.2 Å². The Labute approximate surface area is 163 Å². The number of imide groups is 1. The second kappa shape index (κ2) is 7.04. The predicted molar refractivity (Wildman–Crippen MR) is 95.5 cm³/mol. The minimum absolute atomic E-state index is 0.189. The van der Waals surface area contributed by atoms with Crippen LogP contribution in [0.4, 0.5) is 23.7 Å². The number of nitrogens with two attached hydrogens (primary N) is 1. The van der Waals surface area contributed by atoms with Crippen molar-refractivity contribution < 1.29 is 31.2 Å². The lowest BCUT2D eigenvalue weighted by Gasteiger charge is -2.29. The molecule has 1 atom stereocenters. The molecular weight excluding hydrogens is 413 g/mol. The van der Waals surface area contributed by atoms with Gasteiger partial charge >= 0.3 is 12.2 Å². The molecule has 3 rings (SSSR count). The van der Waals surface area contributed by atoms with Gasteiger partial charge in [-0.3, -0.25) is 9.69 Å². The number of amides is 3. The van der Waals surface area contributed by atoms with Crippen LogP contribution in [0.2, 0.25) is 0 Å². The Morgan fingerprint density at radius 2 is 1.62 bits per heavy atom. The van der Waals surface area contributed by atoms with Crippen molar-refractivity contribution in [1.82, 2.24) is 14.9 Å². The number of alkyl halides is 3. The minimum atomic E-state index is -5.45. The third-order valence-electron chi connectivity index (χ3n) is 4.19. The number of nitrogen functional groups attached to an aromatic ring is 1. The summed E-state index contributed by atoms with van der Waals surface area (Å²) in [6, 6.07) is 10.7. The van der Waals surface area contributed by atoms with Crippen LogP contribution in [-0.4, -0.2) is 37.1 Å². The first-order chi connectivity index (χ1) is 13.5. The highest BCUT2D eigenvalue weighted by atomic mass is 32.2. The number of nitrogens with one attached hydrogen (secondary N) is 2. The standard InChI is InChI=1S/C17H15F3N4O4S/c18-17(19,20)16(23-29(27,28)13-8-6-12(21)7-9-13)14(25)24(15(26)22-16)10-11-4-2-1-3-5-11/h1-9,23H,10,21H2,(H,22,26)/t16-/m0/s1. The van der Waals surface area contributed by atoms with Gasteiger partial charge in [-0.2, -0.15) is 17.9 Å². The molecule has 2 aromatic rings. The average molecular weight is 428 g/mol. The van der Waals surface area contributed by atoms with Crippen molar-refractivity contribution in [2.45, 2.75) is 23.3 Å². The topological polar surface area (TPSA) is 122 Å². The number of nitrogens with zero attached hydrogens (tertiary/aromatic N) is 1. The SMILES string of the molecule is Nc1ccc(S(=O)(=O)N[C@@]2(C(F)(F)F)NC(=O)N(Cc3ccccc3)C2=O)cc1. The van der Waals surface area contributed by atoms with Gasteiger partial charge in [0.15, 0.2) is 0 Å². The lowest BCUT2D eigenvalue weighted by atomic mass is 10.1. The third-order valence-corrected chi connectivity index (χ3v) is 5.66. The van der Waals surface area contributed by atoms with Gasteiger partial charge in [0.25, 0.3) is 11.6 Å². The molecule has 154 valence electrons. The Kier molecular flexibility index (Phi) is 5.01. The molecule has 0 radical (unpaired) electrons. The van der Waals surface area contributed by atoms with Crippen LogP contribution in [0.1, 0.15) is 5.56 Å². The molecular formula is C17H15F3N4O4S. The van der Waals surface area contributed by atoms with Crippen molar-refractivity contribution in [2.75, 3.05) is 5.73 Å². The summed E-state index contributed by atoms with van der Waals surface area (Å²) in [5, 5.41) is 1.46. The maximum Gasteiger partial charge on any atom is 0.435 e. The van der Waals surface area contributed by atoms with E-state index in [1.54, 1.807) is 18.2 Å². The number of carbonyl (C=O) groups excluding carboxylic acids is 2. The largest absolute Gasteiger partial charge is 0.435 e. The summed E-state index contributed by atoms with van der Waals surface area (Å²) >= 11 is 0. The summed E-state index contributed by atoms with van der Waals surface area (Å²) in [5.74, 6) is -1.78. The first-order valence-electron chi connectivity index (χ1n) is 8.10. The molecule has 3 amide bonds. The first kappa shape index (κ1) is 20.6. The van der Waals surface area contributed by atoms with Crippen molar-refractivity contribution in [2.24, 2.45) is 0 Å². The van der Waals surface area contributed by atoms with Crippen LogP contribution < -0.4 is 15.8 Å². The van der Waals surface area contributed by atoms with E-state index in [0.717, 1.165) is 12.1 Å². The Morgan fingerprint density at radius 3 is 2.17 bits per heavy atom. The Hall–Kier alpha value is -3.12. The third kappa shape index (κ3) is 3.76. The number of rotatable bonds is 5. The highest BCUT2D eigenvalue weighted by Crippen LogP contribution is 2.35. The summed E-state index contributed by atoms with van der Waals surface area (Å²) in [6.45, 7) is -0.465. The lowest BCUT2D eigenvalue weighted by Crippen LogP contribution is -2.69. The van der Waals surface area contributed by atoms with Gasteiger partial charge in [0.05, 0.1) is 11.4 Å². The summed E-state index contributed by atoms with van der Waals surface area (Å²) < 4.78 is 67.9. The second-order valence-corrected chi connectivity index (χ2v) is 7.91. The first-order valence-corrected chi connectivity index (χ1v) is 9.59. The summed E-state index contributed by atoms with van der Waals surface area (Å²) in [7, 11) is -4.84. The number of hydrogen-bond acceptors (Lipinski definition) is 5. The number of urea groups is 1. The van der Waals surface area contributed by atoms with Crippen molar-refractivity contribution >= 4 is 27.6 Å². The molecule has 1 aliphatic heterocycles. The van der Waals surface area contributed by atoms with Gasteiger partial charge in [0, 0.05) is 5.69 Å². The highest BCUT2D eigenvalue weighted by Gasteiger charge is 2.69. The van der Waals surface area contributed by atoms with Crippen LogP contribution in [0.25, 0.3) is 0 Å². The van der Waals surface area contributed by atoms with E-state index in [2.05, 4.69) is 0 Å². The molecule has 29 heavy (non-hydrogen) atoms. The molecule has 0 unspecified atom stereocenters. The fourth-order valence-electron chi connectivity index (χ4n) is 2.71. The number of hydrogen-bond donors (Lipinski definition) is 3. The van der Waals surface area contributed by atoms with E-state index in [4.69, 9.17) is 5.73 Å². The van der Waals surface area contributed by atoms with Crippen LogP contribution in [0, 0.1) is 0 Å². The van der Waals surface area contributed by atoms with Gasteiger partial charge < -0.3 is 11.1 Å². The summed E-state index contributed by atoms with van der Waals surface area (Å²) in [4.78, 5) is 24.5. The summed E-state index contributed by atoms with van der Waals surface area (Å²) in [6.07, 6.45) is -5.45. The van der Waals surface area contributed by atoms with Crippen LogP contribution in [0.5, 0.6) is 0 Å². The number of carbonyl (C=O) groups is 2. The number of sulfonamides is 1. The average Bonchev–Trinajstić information content (AvgIpc) is 2.87. The monoisotopic (exact) mass is 428 g/mol. The molecule has 12 heteroatoms. The normalized spacial score (nSPS) is 20.0. The van der Waals surface area contributed by atoms with Gasteiger partial charge in [-0.05, 0) is 29.8 Å².